The number of carbonyl (C=O) groups excluding carboxylic acids is 2. The van der Waals surface area contributed by atoms with Crippen LogP contribution in [0.4, 0.5) is 4.79 Å². The number of hydrogen-bond acceptors (Lipinski definition) is 7. The van der Waals surface area contributed by atoms with Crippen molar-refractivity contribution in [2.75, 3.05) is 7.11 Å². The van der Waals surface area contributed by atoms with Crippen molar-refractivity contribution in [1.82, 2.24) is 0 Å². The van der Waals surface area contributed by atoms with Crippen LogP contribution in [0.3, 0.4) is 0 Å². The average Bonchev–Trinajstić information content (AvgIpc) is 2.14. The molecule has 8 heteroatoms. The molecule has 0 aliphatic carbocycles. The molecule has 7 nitrogen and oxygen atoms in total. The smallest absolute Gasteiger partial charge is 0.515 e. The van der Waals surface area contributed by atoms with Gasteiger partial charge < -0.3 is 19.8 Å². The van der Waals surface area contributed by atoms with Gasteiger partial charge in [-0.3, -0.25) is 9.00 Å². The van der Waals surface area contributed by atoms with Gasteiger partial charge in [-0.15, -0.1) is 0 Å². The molecule has 88 valence electrons. The molecule has 0 aromatic rings. The van der Waals surface area contributed by atoms with Crippen molar-refractivity contribution in [3.05, 3.63) is 0 Å². The minimum atomic E-state index is -2.50. The van der Waals surface area contributed by atoms with Crippen LogP contribution in [-0.2, 0) is 25.3 Å². The van der Waals surface area contributed by atoms with Crippen LogP contribution in [0.25, 0.3) is 0 Å². The molecule has 0 spiro atoms. The lowest BCUT2D eigenvalue weighted by atomic mass is 10.2. The number of nitrogens with two attached hydrogens (primary N) is 1. The molecule has 0 aliphatic rings. The van der Waals surface area contributed by atoms with E-state index in [4.69, 9.17) is 5.73 Å². The second-order valence-electron chi connectivity index (χ2n) is 2.98. The first kappa shape index (κ1) is 14.0. The highest BCUT2D eigenvalue weighted by Crippen LogP contribution is 2.12. The van der Waals surface area contributed by atoms with E-state index >= 15 is 0 Å². The van der Waals surface area contributed by atoms with Gasteiger partial charge >= 0.3 is 12.1 Å². The monoisotopic (exact) mass is 238 g/mol. The standard InChI is InChI=1S/C7H13NO6S/c1-7(8,15(11)12)4-3-5(9)14-6(10)13-2/h3-4,8H2,1-2H3,(H,11,12)/p-1. The zero-order valence-electron chi connectivity index (χ0n) is 8.35. The zero-order chi connectivity index (χ0) is 12.1. The lowest BCUT2D eigenvalue weighted by molar-refractivity contribution is -0.139. The Hall–Kier alpha value is -0.990. The number of carbonyl (C=O) groups is 2. The van der Waals surface area contributed by atoms with Crippen LogP contribution < -0.4 is 5.73 Å². The molecule has 0 saturated carbocycles. The van der Waals surface area contributed by atoms with Gasteiger partial charge in [-0.05, 0) is 24.4 Å². The van der Waals surface area contributed by atoms with E-state index in [0.29, 0.717) is 0 Å². The van der Waals surface area contributed by atoms with Gasteiger partial charge in [0, 0.05) is 6.42 Å². The Bertz CT molecular complexity index is 277. The number of esters is 1. The van der Waals surface area contributed by atoms with E-state index in [1.54, 1.807) is 0 Å². The van der Waals surface area contributed by atoms with E-state index in [9.17, 15) is 18.4 Å². The molecule has 0 aromatic heterocycles. The normalized spacial score (nSPS) is 16.3. The molecular weight excluding hydrogens is 226 g/mol. The highest BCUT2D eigenvalue weighted by atomic mass is 32.2. The summed E-state index contributed by atoms with van der Waals surface area (Å²) < 4.78 is 29.3. The van der Waals surface area contributed by atoms with Crippen LogP contribution >= 0.6 is 0 Å². The predicted molar refractivity (Wildman–Crippen MR) is 49.2 cm³/mol. The molecule has 0 aromatic carbocycles. The molecule has 0 aliphatic heterocycles. The zero-order valence-corrected chi connectivity index (χ0v) is 9.17. The summed E-state index contributed by atoms with van der Waals surface area (Å²) in [5.41, 5.74) is 5.33. The highest BCUT2D eigenvalue weighted by Gasteiger charge is 2.22. The largest absolute Gasteiger partial charge is 0.771 e. The lowest BCUT2D eigenvalue weighted by Crippen LogP contribution is -2.41. The second kappa shape index (κ2) is 5.79. The van der Waals surface area contributed by atoms with Crippen LogP contribution in [0.15, 0.2) is 0 Å². The van der Waals surface area contributed by atoms with Crippen molar-refractivity contribution in [2.24, 2.45) is 5.73 Å². The minimum Gasteiger partial charge on any atom is -0.771 e. The Morgan fingerprint density at radius 1 is 1.53 bits per heavy atom. The molecule has 15 heavy (non-hydrogen) atoms. The van der Waals surface area contributed by atoms with E-state index < -0.39 is 28.1 Å². The summed E-state index contributed by atoms with van der Waals surface area (Å²) >= 11 is -2.50. The quantitative estimate of drug-likeness (QED) is 0.403. The SMILES string of the molecule is COC(=O)OC(=O)CCC(C)(N)S(=O)[O-]. The number of rotatable bonds is 4. The van der Waals surface area contributed by atoms with Gasteiger partial charge in [0.15, 0.2) is 0 Å². The predicted octanol–water partition coefficient (Wildman–Crippen LogP) is -0.370. The number of methoxy groups -OCH3 is 1. The van der Waals surface area contributed by atoms with Crippen LogP contribution in [0.2, 0.25) is 0 Å². The average molecular weight is 238 g/mol. The van der Waals surface area contributed by atoms with Gasteiger partial charge in [-0.2, -0.15) is 0 Å². The van der Waals surface area contributed by atoms with E-state index in [1.807, 2.05) is 0 Å². The van der Waals surface area contributed by atoms with Crippen molar-refractivity contribution >= 4 is 23.2 Å². The first-order valence-corrected chi connectivity index (χ1v) is 5.04. The van der Waals surface area contributed by atoms with E-state index in [2.05, 4.69) is 9.47 Å². The van der Waals surface area contributed by atoms with Gasteiger partial charge in [0.25, 0.3) is 0 Å². The van der Waals surface area contributed by atoms with Crippen LogP contribution in [0.1, 0.15) is 19.8 Å². The Morgan fingerprint density at radius 2 is 2.07 bits per heavy atom. The molecule has 2 unspecified atom stereocenters. The van der Waals surface area contributed by atoms with Crippen molar-refractivity contribution in [3.63, 3.8) is 0 Å². The second-order valence-corrected chi connectivity index (χ2v) is 4.38. The highest BCUT2D eigenvalue weighted by molar-refractivity contribution is 7.80. The Morgan fingerprint density at radius 3 is 2.47 bits per heavy atom. The van der Waals surface area contributed by atoms with Crippen molar-refractivity contribution in [3.8, 4) is 0 Å². The summed E-state index contributed by atoms with van der Waals surface area (Å²) in [6.07, 6.45) is -1.56. The minimum absolute atomic E-state index is 0.140. The van der Waals surface area contributed by atoms with Crippen molar-refractivity contribution < 1.29 is 27.8 Å². The summed E-state index contributed by atoms with van der Waals surface area (Å²) in [5.74, 6) is -0.885. The van der Waals surface area contributed by atoms with Gasteiger partial charge in [-0.25, -0.2) is 4.79 Å². The summed E-state index contributed by atoms with van der Waals surface area (Å²) in [6.45, 7) is 1.25. The summed E-state index contributed by atoms with van der Waals surface area (Å²) in [6, 6.07) is 0. The molecule has 2 atom stereocenters. The molecule has 2 N–H and O–H groups in total. The fourth-order valence-corrected chi connectivity index (χ4v) is 0.888. The third-order valence-corrected chi connectivity index (χ3v) is 2.54. The maximum absolute atomic E-state index is 10.9. The lowest BCUT2D eigenvalue weighted by Gasteiger charge is -2.26. The Labute approximate surface area is 89.2 Å². The molecule has 0 heterocycles. The molecule has 0 fully saturated rings. The topological polar surface area (TPSA) is 119 Å². The van der Waals surface area contributed by atoms with Crippen molar-refractivity contribution in [1.29, 1.82) is 0 Å². The van der Waals surface area contributed by atoms with Gasteiger partial charge in [0.05, 0.1) is 12.0 Å². The van der Waals surface area contributed by atoms with Crippen LogP contribution in [0.5, 0.6) is 0 Å². The van der Waals surface area contributed by atoms with Gasteiger partial charge in [0.2, 0.25) is 0 Å². The summed E-state index contributed by atoms with van der Waals surface area (Å²) in [4.78, 5) is 19.8. The Kier molecular flexibility index (Phi) is 5.40. The van der Waals surface area contributed by atoms with E-state index in [1.165, 1.54) is 6.92 Å². The summed E-state index contributed by atoms with van der Waals surface area (Å²) in [7, 11) is 1.05. The van der Waals surface area contributed by atoms with Crippen LogP contribution in [-0.4, -0.2) is 32.9 Å². The van der Waals surface area contributed by atoms with Gasteiger partial charge in [-0.1, -0.05) is 0 Å². The fourth-order valence-electron chi connectivity index (χ4n) is 0.619. The first-order valence-electron chi connectivity index (χ1n) is 3.96. The Balaban J connectivity index is 4.01. The van der Waals surface area contributed by atoms with Crippen LogP contribution in [0, 0.1) is 0 Å². The number of ether oxygens (including phenoxy) is 2. The van der Waals surface area contributed by atoms with Gasteiger partial charge in [0.1, 0.15) is 0 Å². The maximum Gasteiger partial charge on any atom is 0.515 e. The number of hydrogen-bond donors (Lipinski definition) is 1. The van der Waals surface area contributed by atoms with E-state index in [0.717, 1.165) is 7.11 Å². The maximum atomic E-state index is 10.9. The third-order valence-electron chi connectivity index (χ3n) is 1.57. The molecule has 0 bridgehead atoms. The molecule has 0 radical (unpaired) electrons. The molecular formula is C7H12NO6S-. The van der Waals surface area contributed by atoms with E-state index in [-0.39, 0.29) is 12.8 Å². The molecule has 0 saturated heterocycles. The van der Waals surface area contributed by atoms with Crippen molar-refractivity contribution in [2.45, 2.75) is 24.6 Å². The fraction of sp³-hybridized carbons (Fsp3) is 0.714. The first-order chi connectivity index (χ1) is 6.79. The third kappa shape index (κ3) is 5.45. The molecule has 0 rings (SSSR count). The molecule has 0 amide bonds. The summed E-state index contributed by atoms with van der Waals surface area (Å²) in [5, 5.41) is 0.